The number of nitrogens with zero attached hydrogens (tertiary/aromatic N) is 1. The Balaban J connectivity index is 3.31. The second-order valence-corrected chi connectivity index (χ2v) is 7.73. The Bertz CT molecular complexity index is 289. The van der Waals surface area contributed by atoms with Crippen LogP contribution in [0.25, 0.3) is 0 Å². The lowest BCUT2D eigenvalue weighted by molar-refractivity contribution is 0.560. The molecule has 0 bridgehead atoms. The second kappa shape index (κ2) is 22.3. The Morgan fingerprint density at radius 1 is 0.500 bits per heavy atom. The van der Waals surface area contributed by atoms with Crippen molar-refractivity contribution in [1.29, 1.82) is 0 Å². The van der Waals surface area contributed by atoms with Crippen LogP contribution < -0.4 is 10.6 Å². The van der Waals surface area contributed by atoms with Crippen LogP contribution in [0, 0.1) is 0 Å². The van der Waals surface area contributed by atoms with Gasteiger partial charge in [-0.25, -0.2) is 0 Å². The normalized spacial score (nSPS) is 11.7. The second-order valence-electron chi connectivity index (χ2n) is 7.73. The van der Waals surface area contributed by atoms with E-state index in [0.717, 1.165) is 19.0 Å². The van der Waals surface area contributed by atoms with Gasteiger partial charge in [-0.15, -0.1) is 0 Å². The first-order chi connectivity index (χ1) is 12.8. The van der Waals surface area contributed by atoms with Crippen LogP contribution in [-0.4, -0.2) is 26.1 Å². The average molecular weight is 368 g/mol. The molecule has 0 aliphatic heterocycles. The minimum Gasteiger partial charge on any atom is -0.356 e. The van der Waals surface area contributed by atoms with Gasteiger partial charge in [0.05, 0.1) is 0 Å². The summed E-state index contributed by atoms with van der Waals surface area (Å²) in [7, 11) is 1.87. The van der Waals surface area contributed by atoms with Crippen molar-refractivity contribution >= 4 is 5.96 Å². The zero-order valence-electron chi connectivity index (χ0n) is 18.4. The molecule has 0 fully saturated rings. The van der Waals surface area contributed by atoms with Gasteiger partial charge in [0.2, 0.25) is 0 Å². The molecule has 3 nitrogen and oxygen atoms in total. The molecular weight excluding hydrogens is 318 g/mol. The molecule has 26 heavy (non-hydrogen) atoms. The van der Waals surface area contributed by atoms with Crippen LogP contribution in [0.5, 0.6) is 0 Å². The van der Waals surface area contributed by atoms with E-state index in [1.54, 1.807) is 0 Å². The maximum Gasteiger partial charge on any atom is 0.190 e. The smallest absolute Gasteiger partial charge is 0.190 e. The summed E-state index contributed by atoms with van der Waals surface area (Å²) in [6.07, 6.45) is 23.4. The molecular formula is C23H49N3. The van der Waals surface area contributed by atoms with Crippen molar-refractivity contribution in [2.24, 2.45) is 4.99 Å². The highest BCUT2D eigenvalue weighted by Gasteiger charge is 1.97. The first kappa shape index (κ1) is 25.3. The lowest BCUT2D eigenvalue weighted by Gasteiger charge is -2.11. The largest absolute Gasteiger partial charge is 0.356 e. The number of hydrogen-bond acceptors (Lipinski definition) is 1. The summed E-state index contributed by atoms with van der Waals surface area (Å²) in [5.41, 5.74) is 0. The first-order valence-electron chi connectivity index (χ1n) is 11.8. The standard InChI is InChI=1S/C23H49N3/c1-4-6-8-10-12-14-16-18-20-22-26-23(24-3)25-21-19-17-15-13-11-9-7-5-2/h4-22H2,1-3H3,(H2,24,25,26). The van der Waals surface area contributed by atoms with Crippen LogP contribution in [0.3, 0.4) is 0 Å². The maximum atomic E-state index is 4.33. The summed E-state index contributed by atoms with van der Waals surface area (Å²) in [4.78, 5) is 4.33. The van der Waals surface area contributed by atoms with Gasteiger partial charge >= 0.3 is 0 Å². The van der Waals surface area contributed by atoms with E-state index >= 15 is 0 Å². The topological polar surface area (TPSA) is 36.4 Å². The van der Waals surface area contributed by atoms with Gasteiger partial charge in [-0.05, 0) is 12.8 Å². The first-order valence-corrected chi connectivity index (χ1v) is 11.8. The van der Waals surface area contributed by atoms with Crippen LogP contribution in [0.4, 0.5) is 0 Å². The summed E-state index contributed by atoms with van der Waals surface area (Å²) >= 11 is 0. The molecule has 0 aromatic heterocycles. The average Bonchev–Trinajstić information content (AvgIpc) is 2.66. The van der Waals surface area contributed by atoms with Crippen LogP contribution in [0.15, 0.2) is 4.99 Å². The third-order valence-electron chi connectivity index (χ3n) is 5.12. The SMILES string of the molecule is CCCCCCCCCCCNC(=NC)NCCCCCCCCCC. The van der Waals surface area contributed by atoms with Gasteiger partial charge in [-0.1, -0.05) is 110 Å². The molecule has 0 unspecified atom stereocenters. The minimum atomic E-state index is 0.979. The Morgan fingerprint density at radius 2 is 0.808 bits per heavy atom. The molecule has 0 atom stereocenters. The molecule has 0 aromatic carbocycles. The summed E-state index contributed by atoms with van der Waals surface area (Å²) < 4.78 is 0. The minimum absolute atomic E-state index is 0.979. The number of rotatable bonds is 19. The van der Waals surface area contributed by atoms with Crippen molar-refractivity contribution in [1.82, 2.24) is 10.6 Å². The molecule has 0 saturated heterocycles. The van der Waals surface area contributed by atoms with Gasteiger partial charge in [0.15, 0.2) is 5.96 Å². The van der Waals surface area contributed by atoms with Crippen molar-refractivity contribution in [3.05, 3.63) is 0 Å². The number of hydrogen-bond donors (Lipinski definition) is 2. The Kier molecular flexibility index (Phi) is 21.7. The third kappa shape index (κ3) is 19.6. The molecule has 0 aliphatic carbocycles. The van der Waals surface area contributed by atoms with E-state index in [9.17, 15) is 0 Å². The van der Waals surface area contributed by atoms with E-state index in [1.165, 1.54) is 109 Å². The third-order valence-corrected chi connectivity index (χ3v) is 5.12. The molecule has 0 saturated carbocycles. The van der Waals surface area contributed by atoms with E-state index in [2.05, 4.69) is 29.5 Å². The van der Waals surface area contributed by atoms with Crippen molar-refractivity contribution in [3.63, 3.8) is 0 Å². The summed E-state index contributed by atoms with van der Waals surface area (Å²) in [6, 6.07) is 0. The zero-order chi connectivity index (χ0) is 19.1. The molecule has 0 aromatic rings. The molecule has 0 spiro atoms. The van der Waals surface area contributed by atoms with Crippen LogP contribution in [-0.2, 0) is 0 Å². The Morgan fingerprint density at radius 3 is 1.12 bits per heavy atom. The quantitative estimate of drug-likeness (QED) is 0.149. The van der Waals surface area contributed by atoms with Gasteiger partial charge < -0.3 is 10.6 Å². The van der Waals surface area contributed by atoms with Gasteiger partial charge in [-0.3, -0.25) is 4.99 Å². The molecule has 0 radical (unpaired) electrons. The molecule has 2 N–H and O–H groups in total. The van der Waals surface area contributed by atoms with Crippen molar-refractivity contribution in [2.45, 2.75) is 123 Å². The lowest BCUT2D eigenvalue weighted by atomic mass is 10.1. The molecule has 0 aliphatic rings. The monoisotopic (exact) mass is 367 g/mol. The van der Waals surface area contributed by atoms with E-state index in [-0.39, 0.29) is 0 Å². The number of aliphatic imine (C=N–C) groups is 1. The summed E-state index contributed by atoms with van der Waals surface area (Å²) in [5.74, 6) is 0.979. The maximum absolute atomic E-state index is 4.33. The number of unbranched alkanes of at least 4 members (excludes halogenated alkanes) is 15. The Labute approximate surface area is 165 Å². The lowest BCUT2D eigenvalue weighted by Crippen LogP contribution is -2.38. The van der Waals surface area contributed by atoms with Gasteiger partial charge in [0, 0.05) is 20.1 Å². The fourth-order valence-corrected chi connectivity index (χ4v) is 3.33. The van der Waals surface area contributed by atoms with Crippen molar-refractivity contribution < 1.29 is 0 Å². The van der Waals surface area contributed by atoms with Gasteiger partial charge in [0.1, 0.15) is 0 Å². The van der Waals surface area contributed by atoms with Gasteiger partial charge in [0.25, 0.3) is 0 Å². The fourth-order valence-electron chi connectivity index (χ4n) is 3.33. The zero-order valence-corrected chi connectivity index (χ0v) is 18.4. The van der Waals surface area contributed by atoms with E-state index in [0.29, 0.717) is 0 Å². The number of guanidine groups is 1. The van der Waals surface area contributed by atoms with Crippen molar-refractivity contribution in [2.75, 3.05) is 20.1 Å². The Hall–Kier alpha value is -0.730. The predicted molar refractivity (Wildman–Crippen MR) is 119 cm³/mol. The van der Waals surface area contributed by atoms with E-state index < -0.39 is 0 Å². The molecule has 3 heteroatoms. The molecule has 156 valence electrons. The van der Waals surface area contributed by atoms with Crippen LogP contribution >= 0.6 is 0 Å². The summed E-state index contributed by atoms with van der Waals surface area (Å²) in [6.45, 7) is 6.66. The van der Waals surface area contributed by atoms with E-state index in [4.69, 9.17) is 0 Å². The molecule has 0 rings (SSSR count). The highest BCUT2D eigenvalue weighted by atomic mass is 15.2. The van der Waals surface area contributed by atoms with E-state index in [1.807, 2.05) is 7.05 Å². The van der Waals surface area contributed by atoms with Crippen molar-refractivity contribution in [3.8, 4) is 0 Å². The molecule has 0 amide bonds. The van der Waals surface area contributed by atoms with Gasteiger partial charge in [-0.2, -0.15) is 0 Å². The van der Waals surface area contributed by atoms with Crippen LogP contribution in [0.2, 0.25) is 0 Å². The molecule has 0 heterocycles. The summed E-state index contributed by atoms with van der Waals surface area (Å²) in [5, 5.41) is 6.90. The number of nitrogens with one attached hydrogen (secondary N) is 2. The van der Waals surface area contributed by atoms with Crippen LogP contribution in [0.1, 0.15) is 123 Å². The predicted octanol–water partition coefficient (Wildman–Crippen LogP) is 6.82. The highest BCUT2D eigenvalue weighted by Crippen LogP contribution is 2.09. The fraction of sp³-hybridized carbons (Fsp3) is 0.957. The highest BCUT2D eigenvalue weighted by molar-refractivity contribution is 5.79.